The molecule has 0 saturated heterocycles. The van der Waals surface area contributed by atoms with Crippen molar-refractivity contribution in [2.45, 2.75) is 142 Å². The van der Waals surface area contributed by atoms with E-state index < -0.39 is 0 Å². The van der Waals surface area contributed by atoms with Crippen LogP contribution in [0, 0.1) is 90.0 Å². The lowest BCUT2D eigenvalue weighted by molar-refractivity contribution is 0.548. The molecule has 16 rings (SSSR count). The second kappa shape index (κ2) is 37.7. The first-order valence-electron chi connectivity index (χ1n) is 36.7. The molecule has 0 radical (unpaired) electrons. The number of fused-ring (bicyclic) bond motifs is 3. The third-order valence-corrected chi connectivity index (χ3v) is 21.2. The van der Waals surface area contributed by atoms with Crippen molar-refractivity contribution >= 4 is 66.3 Å². The second-order valence-electron chi connectivity index (χ2n) is 29.8. The lowest BCUT2D eigenvalue weighted by atomic mass is 9.83. The summed E-state index contributed by atoms with van der Waals surface area (Å²) in [5, 5.41) is 8.08. The summed E-state index contributed by atoms with van der Waals surface area (Å²) in [7, 11) is 0. The topological polar surface area (TPSA) is 26.3 Å². The highest BCUT2D eigenvalue weighted by Crippen LogP contribution is 2.35. The molecule has 0 spiro atoms. The van der Waals surface area contributed by atoms with Gasteiger partial charge >= 0.3 is 0 Å². The maximum atomic E-state index is 5.51. The largest absolute Gasteiger partial charge is 0.464 e. The molecule has 5 aromatic heterocycles. The summed E-state index contributed by atoms with van der Waals surface area (Å²) < 4.78 is 10.8. The number of aryl methyl sites for hydroxylation is 13. The van der Waals surface area contributed by atoms with Crippen molar-refractivity contribution in [3.8, 4) is 54.0 Å². The first kappa shape index (κ1) is 80.0. The molecule has 0 aliphatic heterocycles. The average molecular weight is 1450 g/mol. The van der Waals surface area contributed by atoms with Crippen LogP contribution in [0.15, 0.2) is 306 Å². The molecule has 5 heterocycles. The fourth-order valence-electron chi connectivity index (χ4n) is 12.4. The van der Waals surface area contributed by atoms with Gasteiger partial charge in [-0.1, -0.05) is 305 Å². The van der Waals surface area contributed by atoms with Crippen LogP contribution in [-0.2, 0) is 10.8 Å². The molecule has 0 amide bonds. The van der Waals surface area contributed by atoms with E-state index in [4.69, 9.17) is 8.83 Å². The Bertz CT molecular complexity index is 5280. The number of hydrogen-bond acceptors (Lipinski definition) is 5. The van der Waals surface area contributed by atoms with Crippen LogP contribution < -0.4 is 0 Å². The zero-order valence-electron chi connectivity index (χ0n) is 65.8. The van der Waals surface area contributed by atoms with Crippen LogP contribution >= 0.6 is 34.0 Å². The van der Waals surface area contributed by atoms with Gasteiger partial charge in [0.25, 0.3) is 0 Å². The van der Waals surface area contributed by atoms with Crippen molar-refractivity contribution in [3.05, 3.63) is 379 Å². The van der Waals surface area contributed by atoms with E-state index in [0.717, 1.165) is 28.4 Å². The SMILES string of the molecule is Cc1cc(C(C)(C)C)c2ccccc2c1.Cc1cc2ccccc2cc1C(C)(C)C.Cc1ccc(-c2ccc(C)o2)cc1.Cc1ccc(-c2ccc(C)s2)cc1.Cc1ccc(-c2ccccc2C)s1.Cc1ccc2ccc(C)cc2c1.Cc1cccc(-c2ccc(C)s2)c1.Cc1cccc(-c2ccco2)c1. The predicted octanol–water partition coefficient (Wildman–Crippen LogP) is 31.3. The Morgan fingerprint density at radius 1 is 0.255 bits per heavy atom. The van der Waals surface area contributed by atoms with Crippen molar-refractivity contribution in [1.29, 1.82) is 0 Å². The van der Waals surface area contributed by atoms with Gasteiger partial charge in [0.15, 0.2) is 0 Å². The van der Waals surface area contributed by atoms with Gasteiger partial charge in [0.1, 0.15) is 17.3 Å². The summed E-state index contributed by atoms with van der Waals surface area (Å²) in [6, 6.07) is 103. The van der Waals surface area contributed by atoms with Crippen molar-refractivity contribution in [1.82, 2.24) is 0 Å². The molecule has 0 saturated carbocycles. The van der Waals surface area contributed by atoms with Crippen LogP contribution in [0.1, 0.15) is 123 Å². The highest BCUT2D eigenvalue weighted by molar-refractivity contribution is 7.16. The average Bonchev–Trinajstić information content (AvgIpc) is 1.58. The van der Waals surface area contributed by atoms with Gasteiger partial charge in [-0.3, -0.25) is 0 Å². The van der Waals surface area contributed by atoms with Gasteiger partial charge in [-0.05, 0) is 239 Å². The summed E-state index contributed by atoms with van der Waals surface area (Å²) in [4.78, 5) is 8.21. The second-order valence-corrected chi connectivity index (χ2v) is 33.7. The fraction of sp³-hybridized carbons (Fsp3) is 0.208. The minimum absolute atomic E-state index is 0.214. The Kier molecular flexibility index (Phi) is 28.5. The molecule has 0 bridgehead atoms. The Balaban J connectivity index is 0.000000140. The van der Waals surface area contributed by atoms with Crippen LogP contribution in [0.3, 0.4) is 0 Å². The molecule has 16 aromatic rings. The molecule has 0 aliphatic carbocycles. The van der Waals surface area contributed by atoms with E-state index in [1.54, 1.807) is 6.26 Å². The van der Waals surface area contributed by atoms with Crippen molar-refractivity contribution in [2.24, 2.45) is 0 Å². The van der Waals surface area contributed by atoms with Crippen LogP contribution in [0.25, 0.3) is 86.3 Å². The van der Waals surface area contributed by atoms with E-state index in [-0.39, 0.29) is 10.8 Å². The first-order valence-corrected chi connectivity index (χ1v) is 39.2. The Morgan fingerprint density at radius 3 is 1.24 bits per heavy atom. The Morgan fingerprint density at radius 2 is 0.726 bits per heavy atom. The molecule has 0 unspecified atom stereocenters. The van der Waals surface area contributed by atoms with Crippen molar-refractivity contribution in [3.63, 3.8) is 0 Å². The van der Waals surface area contributed by atoms with Gasteiger partial charge in [-0.15, -0.1) is 34.0 Å². The molecular formula is C101H106O2S3. The monoisotopic (exact) mass is 1450 g/mol. The van der Waals surface area contributed by atoms with Gasteiger partial charge < -0.3 is 8.83 Å². The number of hydrogen-bond donors (Lipinski definition) is 0. The summed E-state index contributed by atoms with van der Waals surface area (Å²) in [5.41, 5.74) is 21.5. The molecule has 0 N–H and O–H groups in total. The van der Waals surface area contributed by atoms with E-state index >= 15 is 0 Å². The van der Waals surface area contributed by atoms with E-state index in [2.05, 4.69) is 379 Å². The molecule has 540 valence electrons. The standard InChI is InChI=1S/2C15H18.C12H12O.3C12H12S.C12H12.C11H10O/c1-11-9-12-7-5-6-8-13(12)10-14(11)15(2,3)4;1-11-9-12-7-5-6-8-13(12)14(10-11)15(2,3)4;2*1-9-3-6-11(7-4-9)12-8-5-10(2)13-12;1-9-4-3-5-11(8-9)12-7-6-10(2)13-12;1-9-5-3-4-6-11(9)12-8-7-10(2)13-12;1-9-3-5-11-6-4-10(2)8-12(11)7-9;1-9-4-2-5-10(8-9)11-6-3-7-12-11/h2*5-10H,1-4H3;4*3-8H,1-2H3;3-8H,1-2H3;2-8H,1H3. The van der Waals surface area contributed by atoms with Crippen molar-refractivity contribution < 1.29 is 8.83 Å². The molecular weight excluding hydrogens is 1340 g/mol. The normalized spacial score (nSPS) is 10.8. The van der Waals surface area contributed by atoms with Crippen LogP contribution in [0.2, 0.25) is 0 Å². The molecule has 0 atom stereocenters. The number of furan rings is 2. The lowest BCUT2D eigenvalue weighted by Gasteiger charge is -2.22. The van der Waals surface area contributed by atoms with Gasteiger partial charge in [-0.25, -0.2) is 0 Å². The molecule has 106 heavy (non-hydrogen) atoms. The van der Waals surface area contributed by atoms with E-state index in [1.165, 1.54) is 139 Å². The van der Waals surface area contributed by atoms with Gasteiger partial charge in [0, 0.05) is 40.4 Å². The first-order chi connectivity index (χ1) is 50.6. The highest BCUT2D eigenvalue weighted by atomic mass is 32.1. The third kappa shape index (κ3) is 23.9. The minimum atomic E-state index is 0.214. The summed E-state index contributed by atoms with van der Waals surface area (Å²) >= 11 is 5.55. The third-order valence-electron chi connectivity index (χ3n) is 18.0. The van der Waals surface area contributed by atoms with Gasteiger partial charge in [0.05, 0.1) is 6.26 Å². The lowest BCUT2D eigenvalue weighted by Crippen LogP contribution is -2.12. The quantitative estimate of drug-likeness (QED) is 0.172. The zero-order chi connectivity index (χ0) is 76.1. The summed E-state index contributed by atoms with van der Waals surface area (Å²) in [5.74, 6) is 2.83. The summed E-state index contributed by atoms with van der Waals surface area (Å²) in [6.45, 7) is 41.2. The van der Waals surface area contributed by atoms with Gasteiger partial charge in [0.2, 0.25) is 0 Å². The molecule has 5 heteroatoms. The summed E-state index contributed by atoms with van der Waals surface area (Å²) in [6.07, 6.45) is 1.69. The molecule has 0 aliphatic rings. The van der Waals surface area contributed by atoms with Crippen LogP contribution in [-0.4, -0.2) is 0 Å². The highest BCUT2D eigenvalue weighted by Gasteiger charge is 2.18. The molecule has 2 nitrogen and oxygen atoms in total. The van der Waals surface area contributed by atoms with Gasteiger partial charge in [-0.2, -0.15) is 0 Å². The molecule has 11 aromatic carbocycles. The fourth-order valence-corrected chi connectivity index (χ4v) is 15.1. The van der Waals surface area contributed by atoms with E-state index in [9.17, 15) is 0 Å². The van der Waals surface area contributed by atoms with E-state index in [0.29, 0.717) is 0 Å². The number of rotatable bonds is 5. The maximum Gasteiger partial charge on any atom is 0.134 e. The van der Waals surface area contributed by atoms with E-state index in [1.807, 2.05) is 77.3 Å². The Labute approximate surface area is 645 Å². The molecule has 0 fully saturated rings. The van der Waals surface area contributed by atoms with Crippen LogP contribution in [0.5, 0.6) is 0 Å². The predicted molar refractivity (Wildman–Crippen MR) is 468 cm³/mol. The zero-order valence-corrected chi connectivity index (χ0v) is 68.3. The van der Waals surface area contributed by atoms with Crippen molar-refractivity contribution in [2.75, 3.05) is 0 Å². The van der Waals surface area contributed by atoms with Crippen LogP contribution in [0.4, 0.5) is 0 Å². The number of thiophene rings is 3. The smallest absolute Gasteiger partial charge is 0.134 e. The minimum Gasteiger partial charge on any atom is -0.464 e. The maximum absolute atomic E-state index is 5.51. The Hall–Kier alpha value is -10.1. The number of benzene rings is 11.